The predicted molar refractivity (Wildman–Crippen MR) is 49.2 cm³/mol. The van der Waals surface area contributed by atoms with E-state index in [0.717, 1.165) is 30.0 Å². The van der Waals surface area contributed by atoms with Crippen LogP contribution in [0, 0.1) is 22.7 Å². The average Bonchev–Trinajstić information content (AvgIpc) is 2.17. The standard InChI is InChI=1S/C7H4N4Se.Na/c8-2-4-1-5(3-9)7(12)11-6(4)10;/h1H,(H3,10,11,12);/q;+1/p-1. The van der Waals surface area contributed by atoms with Gasteiger partial charge >= 0.3 is 96.9 Å². The molecule has 0 amide bonds. The van der Waals surface area contributed by atoms with Gasteiger partial charge in [0, 0.05) is 0 Å². The van der Waals surface area contributed by atoms with Crippen molar-refractivity contribution >= 4 is 46.3 Å². The van der Waals surface area contributed by atoms with Crippen LogP contribution in [0.1, 0.15) is 11.1 Å². The molecule has 58 valence electrons. The van der Waals surface area contributed by atoms with Crippen LogP contribution in [0.5, 0.6) is 0 Å². The van der Waals surface area contributed by atoms with Gasteiger partial charge in [-0.1, -0.05) is 0 Å². The fourth-order valence-electron chi connectivity index (χ4n) is 0.835. The Bertz CT molecular complexity index is 418. The van der Waals surface area contributed by atoms with Crippen LogP contribution in [0.25, 0.3) is 0 Å². The van der Waals surface area contributed by atoms with Crippen molar-refractivity contribution in [2.24, 2.45) is 0 Å². The van der Waals surface area contributed by atoms with Gasteiger partial charge in [0.15, 0.2) is 0 Å². The van der Waals surface area contributed by atoms with Crippen molar-refractivity contribution in [2.75, 3.05) is 5.73 Å². The van der Waals surface area contributed by atoms with Gasteiger partial charge in [0.05, 0.1) is 0 Å². The van der Waals surface area contributed by atoms with Gasteiger partial charge in [-0.2, -0.15) is 0 Å². The zero-order valence-electron chi connectivity index (χ0n) is 6.90. The first-order chi connectivity index (χ1) is 6.22. The van der Waals surface area contributed by atoms with Crippen molar-refractivity contribution < 1.29 is 0 Å². The normalized spacial score (nSPS) is 8.92. The van der Waals surface area contributed by atoms with E-state index in [9.17, 15) is 0 Å². The first-order valence-electron chi connectivity index (χ1n) is 3.37. The van der Waals surface area contributed by atoms with E-state index in [1.165, 1.54) is 6.07 Å². The summed E-state index contributed by atoms with van der Waals surface area (Å²) in [5.74, 6) is 0.231. The Labute approximate surface area is 96.2 Å². The van der Waals surface area contributed by atoms with E-state index in [1.54, 1.807) is 0 Å². The molecule has 0 bridgehead atoms. The summed E-state index contributed by atoms with van der Waals surface area (Å²) < 4.78 is 0.762. The third kappa shape index (κ3) is 2.22. The van der Waals surface area contributed by atoms with Gasteiger partial charge in [-0.25, -0.2) is 0 Å². The van der Waals surface area contributed by atoms with Crippen LogP contribution < -0.4 is 10.3 Å². The quantitative estimate of drug-likeness (QED) is 0.631. The summed E-state index contributed by atoms with van der Waals surface area (Å²) in [7, 11) is 0.257. The molecule has 1 aromatic heterocycles. The molecule has 0 saturated carbocycles. The molecule has 0 atom stereocenters. The Hall–Kier alpha value is -0.551. The van der Waals surface area contributed by atoms with Gasteiger partial charge in [0.1, 0.15) is 0 Å². The van der Waals surface area contributed by atoms with Gasteiger partial charge in [0.25, 0.3) is 0 Å². The average molecular weight is 245 g/mol. The maximum atomic E-state index is 8.75. The summed E-state index contributed by atoms with van der Waals surface area (Å²) in [5, 5.41) is 17.4. The minimum absolute atomic E-state index is 0.231. The number of hydrogen-bond donors (Lipinski definition) is 1. The number of aromatic nitrogens is 1. The van der Waals surface area contributed by atoms with Crippen LogP contribution in [0.3, 0.4) is 0 Å². The molecule has 6 heteroatoms. The van der Waals surface area contributed by atoms with E-state index in [-0.39, 0.29) is 21.9 Å². The molecule has 0 aliphatic carbocycles. The minimum atomic E-state index is 0.231. The number of hydrogen-bond acceptors (Lipinski definition) is 4. The Morgan fingerprint density at radius 3 is 2.46 bits per heavy atom. The van der Waals surface area contributed by atoms with Crippen LogP contribution in [-0.2, 0) is 0 Å². The molecule has 13 heavy (non-hydrogen) atoms. The molecular formula is C7H3N4NaSe. The maximum absolute atomic E-state index is 8.75. The van der Waals surface area contributed by atoms with Gasteiger partial charge < -0.3 is 0 Å². The van der Waals surface area contributed by atoms with E-state index in [0.29, 0.717) is 5.56 Å². The topological polar surface area (TPSA) is 86.5 Å². The van der Waals surface area contributed by atoms with Gasteiger partial charge in [0.2, 0.25) is 0 Å². The molecule has 0 saturated heterocycles. The molecule has 0 unspecified atom stereocenters. The fraction of sp³-hybridized carbons (Fsp3) is 0. The molecule has 1 heterocycles. The summed E-state index contributed by atoms with van der Waals surface area (Å²) in [6.07, 6.45) is 0. The van der Waals surface area contributed by atoms with Gasteiger partial charge in [-0.05, 0) is 0 Å². The van der Waals surface area contributed by atoms with Crippen LogP contribution in [0.4, 0.5) is 5.82 Å². The van der Waals surface area contributed by atoms with Crippen molar-refractivity contribution in [1.29, 1.82) is 10.5 Å². The summed E-state index contributed by atoms with van der Waals surface area (Å²) >= 11 is 0.987. The molecule has 0 radical (unpaired) electrons. The van der Waals surface area contributed by atoms with E-state index < -0.39 is 0 Å². The van der Waals surface area contributed by atoms with Crippen molar-refractivity contribution in [3.8, 4) is 12.1 Å². The SMILES string of the molecule is N#Cc1cc(C#N)c([Se][Na])nc1N. The second kappa shape index (κ2) is 4.62. The van der Waals surface area contributed by atoms with E-state index in [2.05, 4.69) is 4.98 Å². The third-order valence-corrected chi connectivity index (χ3v) is 4.92. The molecule has 0 spiro atoms. The number of pyridine rings is 1. The van der Waals surface area contributed by atoms with E-state index in [4.69, 9.17) is 16.3 Å². The van der Waals surface area contributed by atoms with Crippen molar-refractivity contribution in [1.82, 2.24) is 4.98 Å². The molecular weight excluding hydrogens is 242 g/mol. The Morgan fingerprint density at radius 1 is 1.38 bits per heavy atom. The van der Waals surface area contributed by atoms with Gasteiger partial charge in [-0.3, -0.25) is 0 Å². The summed E-state index contributed by atoms with van der Waals surface area (Å²) in [5.41, 5.74) is 6.28. The zero-order valence-corrected chi connectivity index (χ0v) is 10.6. The number of nitriles is 2. The van der Waals surface area contributed by atoms with Crippen molar-refractivity contribution in [3.05, 3.63) is 17.2 Å². The molecule has 0 aliphatic heterocycles. The molecule has 2 N–H and O–H groups in total. The molecule has 4 nitrogen and oxygen atoms in total. The predicted octanol–water partition coefficient (Wildman–Crippen LogP) is -1.18. The first kappa shape index (κ1) is 10.5. The van der Waals surface area contributed by atoms with Crippen LogP contribution in [0.15, 0.2) is 6.07 Å². The Morgan fingerprint density at radius 2 is 2.00 bits per heavy atom. The summed E-state index contributed by atoms with van der Waals surface area (Å²) in [6.45, 7) is 0. The summed E-state index contributed by atoms with van der Waals surface area (Å²) in [4.78, 5) is 4.03. The van der Waals surface area contributed by atoms with Crippen molar-refractivity contribution in [3.63, 3.8) is 0 Å². The molecule has 0 aliphatic rings. The number of nitrogen functional groups attached to an aromatic ring is 1. The fourth-order valence-corrected chi connectivity index (χ4v) is 3.53. The Kier molecular flexibility index (Phi) is 3.74. The molecule has 0 aromatic carbocycles. The van der Waals surface area contributed by atoms with E-state index in [1.807, 2.05) is 12.1 Å². The second-order valence-corrected chi connectivity index (χ2v) is 5.99. The van der Waals surface area contributed by atoms with E-state index >= 15 is 0 Å². The third-order valence-electron chi connectivity index (χ3n) is 1.45. The van der Waals surface area contributed by atoms with Crippen LogP contribution in [0.2, 0.25) is 0 Å². The Balaban J connectivity index is 3.39. The van der Waals surface area contributed by atoms with Crippen molar-refractivity contribution in [2.45, 2.75) is 0 Å². The first-order valence-corrected chi connectivity index (χ1v) is 10.2. The number of rotatable bonds is 1. The van der Waals surface area contributed by atoms with Crippen LogP contribution >= 0.6 is 0 Å². The number of nitrogens with zero attached hydrogens (tertiary/aromatic N) is 3. The second-order valence-electron chi connectivity index (χ2n) is 2.20. The van der Waals surface area contributed by atoms with Gasteiger partial charge in [-0.15, -0.1) is 0 Å². The molecule has 1 aromatic rings. The summed E-state index contributed by atoms with van der Waals surface area (Å²) in [6, 6.07) is 5.43. The number of nitrogens with two attached hydrogens (primary N) is 1. The molecule has 0 fully saturated rings. The molecule has 1 rings (SSSR count). The number of anilines is 1. The zero-order chi connectivity index (χ0) is 9.84. The van der Waals surface area contributed by atoms with Crippen LogP contribution in [-0.4, -0.2) is 40.9 Å². The monoisotopic (exact) mass is 246 g/mol.